The van der Waals surface area contributed by atoms with Crippen molar-refractivity contribution in [1.29, 1.82) is 0 Å². The van der Waals surface area contributed by atoms with Gasteiger partial charge in [-0.2, -0.15) is 0 Å². The Bertz CT molecular complexity index is 2460. The van der Waals surface area contributed by atoms with E-state index in [4.69, 9.17) is 9.47 Å². The van der Waals surface area contributed by atoms with E-state index in [1.54, 1.807) is 42.5 Å². The maximum absolute atomic E-state index is 16.1. The Morgan fingerprint density at radius 1 is 1.03 bits per heavy atom. The molecule has 0 aliphatic carbocycles. The highest BCUT2D eigenvalue weighted by Crippen LogP contribution is 2.44. The number of benzene rings is 3. The highest BCUT2D eigenvalue weighted by atomic mass is 32.1. The van der Waals surface area contributed by atoms with Crippen LogP contribution in [0.5, 0.6) is 5.75 Å². The molecule has 7 rings (SSSR count). The zero-order valence-electron chi connectivity index (χ0n) is 37.3. The lowest BCUT2D eigenvalue weighted by Crippen LogP contribution is -2.58. The Morgan fingerprint density at radius 3 is 2.39 bits per heavy atom. The standard InChI is InChI=1S/C48H57F3N6O6S/c1-27-18-34-33-10-8-9-11-37(33)54-41(34)42(57(27)25-48(6,7)51)40-35(49)20-32(21-36(40)50)63-17-16-62-24-39(59)55-44(47(3,4)5)46(61)56-23-31(58)19-38(56)45(60)52-22-29-12-14-30(15-13-29)43-28(2)53-26-64-43/h8-15,20-21,26-27,31,38,42,44,54,58H,16-19,22-25H2,1-7H3,(H,52,60)(H,55,59)/t27-,31-,38+,42-,44?/m1/s1. The molecule has 4 N–H and O–H groups in total. The number of thiazole rings is 1. The maximum Gasteiger partial charge on any atom is 0.246 e. The molecule has 0 bridgehead atoms. The first-order valence-corrected chi connectivity index (χ1v) is 22.5. The number of para-hydroxylation sites is 1. The molecule has 0 radical (unpaired) electrons. The summed E-state index contributed by atoms with van der Waals surface area (Å²) >= 11 is 1.55. The van der Waals surface area contributed by atoms with Gasteiger partial charge in [0.25, 0.3) is 0 Å². The van der Waals surface area contributed by atoms with Crippen LogP contribution in [-0.2, 0) is 32.1 Å². The largest absolute Gasteiger partial charge is 0.491 e. The summed E-state index contributed by atoms with van der Waals surface area (Å²) in [5, 5.41) is 17.2. The van der Waals surface area contributed by atoms with Gasteiger partial charge in [0.1, 0.15) is 48.4 Å². The molecular weight excluding hydrogens is 846 g/mol. The molecule has 5 atom stereocenters. The number of H-pyrrole nitrogens is 1. The van der Waals surface area contributed by atoms with E-state index in [9.17, 15) is 19.5 Å². The summed E-state index contributed by atoms with van der Waals surface area (Å²) in [5.41, 5.74) is 4.38. The average molecular weight is 903 g/mol. The van der Waals surface area contributed by atoms with Crippen molar-refractivity contribution in [2.24, 2.45) is 5.41 Å². The monoisotopic (exact) mass is 902 g/mol. The zero-order chi connectivity index (χ0) is 46.1. The SMILES string of the molecule is Cc1ncsc1-c1ccc(CNC(=O)[C@@H]2C[C@@H](O)CN2C(=O)C(NC(=O)COCCOc2cc(F)c([C@@H]3c4[nH]c5ccccc5c4C[C@@H](C)N3CC(C)(C)F)c(F)c2)C(C)(C)C)cc1. The van der Waals surface area contributed by atoms with Gasteiger partial charge in [0.05, 0.1) is 34.8 Å². The summed E-state index contributed by atoms with van der Waals surface area (Å²) in [4.78, 5) is 52.5. The van der Waals surface area contributed by atoms with Crippen LogP contribution < -0.4 is 15.4 Å². The summed E-state index contributed by atoms with van der Waals surface area (Å²) in [5.74, 6) is -3.33. The number of β-amino-alcohol motifs (C(OH)–C–C–N with tert-alkyl or cyclic N) is 1. The molecule has 2 aliphatic rings. The Morgan fingerprint density at radius 2 is 1.73 bits per heavy atom. The maximum atomic E-state index is 16.1. The van der Waals surface area contributed by atoms with Crippen LogP contribution in [0.15, 0.2) is 66.2 Å². The fourth-order valence-corrected chi connectivity index (χ4v) is 9.58. The normalized spacial score (nSPS) is 19.7. The number of aliphatic hydroxyl groups is 1. The predicted octanol–water partition coefficient (Wildman–Crippen LogP) is 7.17. The lowest BCUT2D eigenvalue weighted by Gasteiger charge is -2.43. The predicted molar refractivity (Wildman–Crippen MR) is 240 cm³/mol. The molecule has 2 aliphatic heterocycles. The molecule has 342 valence electrons. The Hall–Kier alpha value is -5.29. The second-order valence-electron chi connectivity index (χ2n) is 18.6. The molecule has 0 saturated carbocycles. The van der Waals surface area contributed by atoms with Crippen molar-refractivity contribution in [1.82, 2.24) is 30.4 Å². The number of aliphatic hydroxyl groups excluding tert-OH is 1. The number of aryl methyl sites for hydroxylation is 1. The third-order valence-corrected chi connectivity index (χ3v) is 12.8. The minimum absolute atomic E-state index is 0.0480. The molecule has 64 heavy (non-hydrogen) atoms. The van der Waals surface area contributed by atoms with Crippen molar-refractivity contribution in [2.45, 2.75) is 104 Å². The Kier molecular flexibility index (Phi) is 13.9. The fourth-order valence-electron chi connectivity index (χ4n) is 8.77. The Labute approximate surface area is 375 Å². The lowest BCUT2D eigenvalue weighted by atomic mass is 9.85. The summed E-state index contributed by atoms with van der Waals surface area (Å²) in [6, 6.07) is 14.5. The lowest BCUT2D eigenvalue weighted by molar-refractivity contribution is -0.144. The highest BCUT2D eigenvalue weighted by molar-refractivity contribution is 7.13. The number of nitrogens with zero attached hydrogens (tertiary/aromatic N) is 3. The summed E-state index contributed by atoms with van der Waals surface area (Å²) in [6.45, 7) is 11.5. The van der Waals surface area contributed by atoms with Crippen LogP contribution >= 0.6 is 11.3 Å². The van der Waals surface area contributed by atoms with Gasteiger partial charge < -0.3 is 35.1 Å². The van der Waals surface area contributed by atoms with Crippen LogP contribution in [-0.4, -0.2) is 105 Å². The van der Waals surface area contributed by atoms with Gasteiger partial charge in [0.2, 0.25) is 17.7 Å². The first-order chi connectivity index (χ1) is 30.3. The van der Waals surface area contributed by atoms with Gasteiger partial charge in [-0.3, -0.25) is 19.3 Å². The number of halogens is 3. The van der Waals surface area contributed by atoms with Crippen LogP contribution in [0.4, 0.5) is 13.2 Å². The van der Waals surface area contributed by atoms with E-state index in [2.05, 4.69) is 20.6 Å². The van der Waals surface area contributed by atoms with E-state index < -0.39 is 71.3 Å². The quantitative estimate of drug-likeness (QED) is 0.0810. The number of carbonyl (C=O) groups excluding carboxylic acids is 3. The van der Waals surface area contributed by atoms with Crippen molar-refractivity contribution in [3.63, 3.8) is 0 Å². The first-order valence-electron chi connectivity index (χ1n) is 21.6. The van der Waals surface area contributed by atoms with Gasteiger partial charge >= 0.3 is 0 Å². The summed E-state index contributed by atoms with van der Waals surface area (Å²) < 4.78 is 58.6. The summed E-state index contributed by atoms with van der Waals surface area (Å²) in [7, 11) is 0. The molecule has 1 fully saturated rings. The molecule has 3 amide bonds. The van der Waals surface area contributed by atoms with Crippen molar-refractivity contribution in [2.75, 3.05) is 32.9 Å². The van der Waals surface area contributed by atoms with Gasteiger partial charge in [-0.05, 0) is 62.3 Å². The third-order valence-electron chi connectivity index (χ3n) is 11.8. The molecule has 2 aromatic heterocycles. The molecule has 0 spiro atoms. The van der Waals surface area contributed by atoms with Crippen LogP contribution in [0.1, 0.15) is 82.1 Å². The van der Waals surface area contributed by atoms with Gasteiger partial charge in [-0.15, -0.1) is 11.3 Å². The number of alkyl halides is 1. The molecular formula is C48H57F3N6O6S. The number of hydrogen-bond acceptors (Lipinski definition) is 9. The molecule has 5 aromatic rings. The molecule has 3 aromatic carbocycles. The van der Waals surface area contributed by atoms with Crippen LogP contribution in [0, 0.1) is 24.0 Å². The van der Waals surface area contributed by atoms with E-state index in [1.807, 2.05) is 62.4 Å². The van der Waals surface area contributed by atoms with Crippen molar-refractivity contribution in [3.8, 4) is 16.2 Å². The topological polar surface area (TPSA) is 149 Å². The summed E-state index contributed by atoms with van der Waals surface area (Å²) in [6.07, 6.45) is -0.298. The number of ether oxygens (including phenoxy) is 2. The number of rotatable bonds is 15. The number of amides is 3. The number of aromatic nitrogens is 2. The second-order valence-corrected chi connectivity index (χ2v) is 19.4. The number of nitrogens with one attached hydrogen (secondary N) is 3. The molecule has 4 heterocycles. The average Bonchev–Trinajstić information content (AvgIpc) is 3.95. The van der Waals surface area contributed by atoms with Gasteiger partial charge in [-0.1, -0.05) is 63.2 Å². The van der Waals surface area contributed by atoms with E-state index in [1.165, 1.54) is 18.7 Å². The van der Waals surface area contributed by atoms with Gasteiger partial charge in [-0.25, -0.2) is 18.2 Å². The minimum atomic E-state index is -1.64. The van der Waals surface area contributed by atoms with Crippen LogP contribution in [0.25, 0.3) is 21.3 Å². The zero-order valence-corrected chi connectivity index (χ0v) is 38.1. The first kappa shape index (κ1) is 46.7. The Balaban J connectivity index is 0.936. The molecule has 16 heteroatoms. The van der Waals surface area contributed by atoms with Crippen LogP contribution in [0.2, 0.25) is 0 Å². The second kappa shape index (κ2) is 19.0. The van der Waals surface area contributed by atoms with Crippen LogP contribution in [0.3, 0.4) is 0 Å². The smallest absolute Gasteiger partial charge is 0.246 e. The highest BCUT2D eigenvalue weighted by Gasteiger charge is 2.45. The number of likely N-dealkylation sites (tertiary alicyclic amines) is 1. The van der Waals surface area contributed by atoms with Crippen molar-refractivity contribution in [3.05, 3.63) is 106 Å². The van der Waals surface area contributed by atoms with E-state index in [0.29, 0.717) is 12.1 Å². The molecule has 12 nitrogen and oxygen atoms in total. The van der Waals surface area contributed by atoms with Crippen molar-refractivity contribution >= 4 is 40.0 Å². The van der Waals surface area contributed by atoms with E-state index in [-0.39, 0.29) is 56.6 Å². The molecule has 1 unspecified atom stereocenters. The van der Waals surface area contributed by atoms with E-state index in [0.717, 1.165) is 50.3 Å². The van der Waals surface area contributed by atoms with Crippen molar-refractivity contribution < 1.29 is 42.1 Å². The number of fused-ring (bicyclic) bond motifs is 3. The number of hydrogen-bond donors (Lipinski definition) is 4. The molecule has 1 saturated heterocycles. The van der Waals surface area contributed by atoms with Gasteiger partial charge in [0, 0.05) is 66.4 Å². The minimum Gasteiger partial charge on any atom is -0.491 e. The van der Waals surface area contributed by atoms with Gasteiger partial charge in [0.15, 0.2) is 0 Å². The van der Waals surface area contributed by atoms with E-state index >= 15 is 13.2 Å². The number of carbonyl (C=O) groups is 3. The number of aromatic amines is 1. The fraction of sp³-hybridized carbons (Fsp3) is 0.458. The third kappa shape index (κ3) is 10.5.